The molecule has 0 aliphatic carbocycles. The lowest BCUT2D eigenvalue weighted by Crippen LogP contribution is -2.45. The number of halogens is 2. The number of nitrogens with one attached hydrogen (secondary N) is 1. The van der Waals surface area contributed by atoms with Crippen LogP contribution < -0.4 is 5.32 Å². The van der Waals surface area contributed by atoms with Crippen LogP contribution in [0.25, 0.3) is 0 Å². The van der Waals surface area contributed by atoms with Gasteiger partial charge >= 0.3 is 0 Å². The number of piperazine rings is 1. The highest BCUT2D eigenvalue weighted by Crippen LogP contribution is 2.39. The smallest absolute Gasteiger partial charge is 0.179 e. The molecule has 2 aromatic rings. The zero-order valence-corrected chi connectivity index (χ0v) is 13.8. The van der Waals surface area contributed by atoms with Gasteiger partial charge in [-0.2, -0.15) is 0 Å². The van der Waals surface area contributed by atoms with Gasteiger partial charge in [0.15, 0.2) is 11.6 Å². The highest BCUT2D eigenvalue weighted by molar-refractivity contribution is 9.10. The fraction of sp³-hybridized carbons (Fsp3) is 0.333. The van der Waals surface area contributed by atoms with Gasteiger partial charge in [-0.3, -0.25) is 4.90 Å². The molecule has 0 unspecified atom stereocenters. The van der Waals surface area contributed by atoms with Crippen molar-refractivity contribution in [2.75, 3.05) is 26.2 Å². The van der Waals surface area contributed by atoms with Gasteiger partial charge in [-0.25, -0.2) is 4.39 Å². The topological polar surface area (TPSA) is 35.5 Å². The molecule has 1 atom stereocenters. The fourth-order valence-corrected chi connectivity index (χ4v) is 3.89. The van der Waals surface area contributed by atoms with E-state index in [1.165, 1.54) is 0 Å². The minimum absolute atomic E-state index is 0.102. The van der Waals surface area contributed by atoms with Crippen LogP contribution in [0.15, 0.2) is 34.1 Å². The fourth-order valence-electron chi connectivity index (χ4n) is 2.69. The summed E-state index contributed by atoms with van der Waals surface area (Å²) in [4.78, 5) is 3.40. The molecule has 0 spiro atoms. The average molecular weight is 371 g/mol. The molecule has 2 heterocycles. The molecule has 112 valence electrons. The predicted octanol–water partition coefficient (Wildman–Crippen LogP) is 3.35. The number of phenols is 1. The van der Waals surface area contributed by atoms with E-state index in [9.17, 15) is 9.50 Å². The third kappa shape index (κ3) is 2.99. The molecule has 6 heteroatoms. The van der Waals surface area contributed by atoms with Gasteiger partial charge in [0.2, 0.25) is 0 Å². The van der Waals surface area contributed by atoms with E-state index in [2.05, 4.69) is 26.1 Å². The Hall–Kier alpha value is -0.950. The molecular formula is C15H16BrFN2OS. The lowest BCUT2D eigenvalue weighted by molar-refractivity contribution is 0.197. The van der Waals surface area contributed by atoms with Crippen molar-refractivity contribution in [1.29, 1.82) is 0 Å². The highest BCUT2D eigenvalue weighted by Gasteiger charge is 2.28. The summed E-state index contributed by atoms with van der Waals surface area (Å²) >= 11 is 4.75. The molecule has 0 radical (unpaired) electrons. The van der Waals surface area contributed by atoms with Crippen molar-refractivity contribution in [2.45, 2.75) is 6.04 Å². The molecule has 1 saturated heterocycles. The van der Waals surface area contributed by atoms with Crippen molar-refractivity contribution in [3.8, 4) is 5.75 Å². The zero-order valence-electron chi connectivity index (χ0n) is 11.4. The largest absolute Gasteiger partial charge is 0.505 e. The van der Waals surface area contributed by atoms with E-state index in [0.29, 0.717) is 5.56 Å². The van der Waals surface area contributed by atoms with Crippen molar-refractivity contribution in [3.63, 3.8) is 0 Å². The molecule has 0 saturated carbocycles. The molecule has 0 bridgehead atoms. The number of hydrogen-bond acceptors (Lipinski definition) is 4. The van der Waals surface area contributed by atoms with E-state index in [0.717, 1.165) is 31.1 Å². The Bertz CT molecular complexity index is 614. The second-order valence-electron chi connectivity index (χ2n) is 5.00. The summed E-state index contributed by atoms with van der Waals surface area (Å²) in [5.74, 6) is -0.856. The van der Waals surface area contributed by atoms with Crippen LogP contribution in [0.1, 0.15) is 16.5 Å². The maximum atomic E-state index is 14.0. The van der Waals surface area contributed by atoms with Gasteiger partial charge in [-0.15, -0.1) is 11.3 Å². The molecular weight excluding hydrogens is 355 g/mol. The first kappa shape index (κ1) is 15.0. The molecule has 21 heavy (non-hydrogen) atoms. The maximum Gasteiger partial charge on any atom is 0.179 e. The SMILES string of the molecule is Oc1c([C@H](c2cccs2)N2CCNCC2)ccc(Br)c1F. The number of thiophene rings is 1. The lowest BCUT2D eigenvalue weighted by Gasteiger charge is -2.35. The Kier molecular flexibility index (Phi) is 4.59. The van der Waals surface area contributed by atoms with E-state index in [1.807, 2.05) is 17.5 Å². The standard InChI is InChI=1S/C15H16BrFN2OS/c16-11-4-3-10(15(20)13(11)17)14(12-2-1-9-21-12)19-7-5-18-6-8-19/h1-4,9,14,18,20H,5-8H2/t14-/m1/s1. The summed E-state index contributed by atoms with van der Waals surface area (Å²) in [6.07, 6.45) is 0. The van der Waals surface area contributed by atoms with E-state index < -0.39 is 5.82 Å². The Morgan fingerprint density at radius 3 is 2.71 bits per heavy atom. The van der Waals surface area contributed by atoms with Gasteiger partial charge in [0.1, 0.15) is 0 Å². The molecule has 1 aliphatic heterocycles. The van der Waals surface area contributed by atoms with Crippen LogP contribution >= 0.6 is 27.3 Å². The summed E-state index contributed by atoms with van der Waals surface area (Å²) in [5, 5.41) is 15.6. The molecule has 1 aliphatic rings. The van der Waals surface area contributed by atoms with Crippen molar-refractivity contribution < 1.29 is 9.50 Å². The molecule has 3 nitrogen and oxygen atoms in total. The van der Waals surface area contributed by atoms with Crippen molar-refractivity contribution in [1.82, 2.24) is 10.2 Å². The first-order valence-electron chi connectivity index (χ1n) is 6.83. The minimum Gasteiger partial charge on any atom is -0.505 e. The summed E-state index contributed by atoms with van der Waals surface area (Å²) in [6, 6.07) is 7.38. The van der Waals surface area contributed by atoms with Crippen molar-refractivity contribution in [2.24, 2.45) is 0 Å². The number of rotatable bonds is 3. The minimum atomic E-state index is -0.593. The molecule has 1 aromatic carbocycles. The lowest BCUT2D eigenvalue weighted by atomic mass is 10.0. The van der Waals surface area contributed by atoms with Crippen LogP contribution in [0.3, 0.4) is 0 Å². The van der Waals surface area contributed by atoms with Gasteiger partial charge in [-0.1, -0.05) is 12.1 Å². The highest BCUT2D eigenvalue weighted by atomic mass is 79.9. The van der Waals surface area contributed by atoms with Crippen LogP contribution in [0.4, 0.5) is 4.39 Å². The maximum absolute atomic E-state index is 14.0. The molecule has 1 aromatic heterocycles. The van der Waals surface area contributed by atoms with E-state index in [-0.39, 0.29) is 16.3 Å². The van der Waals surface area contributed by atoms with Crippen LogP contribution in [-0.4, -0.2) is 36.2 Å². The van der Waals surface area contributed by atoms with Crippen LogP contribution in [0.2, 0.25) is 0 Å². The van der Waals surface area contributed by atoms with Gasteiger partial charge in [-0.05, 0) is 33.4 Å². The number of hydrogen-bond donors (Lipinski definition) is 2. The van der Waals surface area contributed by atoms with Crippen molar-refractivity contribution >= 4 is 27.3 Å². The van der Waals surface area contributed by atoms with Crippen LogP contribution in [0, 0.1) is 5.82 Å². The third-order valence-electron chi connectivity index (χ3n) is 3.72. The van der Waals surface area contributed by atoms with E-state index >= 15 is 0 Å². The Morgan fingerprint density at radius 2 is 2.05 bits per heavy atom. The van der Waals surface area contributed by atoms with Gasteiger partial charge in [0, 0.05) is 36.6 Å². The summed E-state index contributed by atoms with van der Waals surface area (Å²) in [6.45, 7) is 3.56. The molecule has 0 amide bonds. The monoisotopic (exact) mass is 370 g/mol. The van der Waals surface area contributed by atoms with Crippen molar-refractivity contribution in [3.05, 3.63) is 50.4 Å². The summed E-state index contributed by atoms with van der Waals surface area (Å²) in [5.41, 5.74) is 0.625. The number of phenolic OH excluding ortho intramolecular Hbond substituents is 1. The van der Waals surface area contributed by atoms with Gasteiger partial charge < -0.3 is 10.4 Å². The van der Waals surface area contributed by atoms with Gasteiger partial charge in [0.25, 0.3) is 0 Å². The molecule has 1 fully saturated rings. The third-order valence-corrected chi connectivity index (χ3v) is 5.26. The van der Waals surface area contributed by atoms with E-state index in [4.69, 9.17) is 0 Å². The van der Waals surface area contributed by atoms with Crippen LogP contribution in [-0.2, 0) is 0 Å². The Balaban J connectivity index is 2.05. The van der Waals surface area contributed by atoms with Gasteiger partial charge in [0.05, 0.1) is 10.5 Å². The number of nitrogens with zero attached hydrogens (tertiary/aromatic N) is 1. The predicted molar refractivity (Wildman–Crippen MR) is 86.4 cm³/mol. The summed E-state index contributed by atoms with van der Waals surface area (Å²) < 4.78 is 14.3. The average Bonchev–Trinajstić information content (AvgIpc) is 3.03. The van der Waals surface area contributed by atoms with Crippen LogP contribution in [0.5, 0.6) is 5.75 Å². The number of aromatic hydroxyl groups is 1. The zero-order chi connectivity index (χ0) is 14.8. The molecule has 3 rings (SSSR count). The summed E-state index contributed by atoms with van der Waals surface area (Å²) in [7, 11) is 0. The second kappa shape index (κ2) is 6.44. The first-order valence-corrected chi connectivity index (χ1v) is 8.51. The Morgan fingerprint density at radius 1 is 1.29 bits per heavy atom. The van der Waals surface area contributed by atoms with E-state index in [1.54, 1.807) is 23.5 Å². The second-order valence-corrected chi connectivity index (χ2v) is 6.84. The normalized spacial score (nSPS) is 17.8. The molecule has 2 N–H and O–H groups in total. The number of benzene rings is 1. The first-order chi connectivity index (χ1) is 10.2. The quantitative estimate of drug-likeness (QED) is 0.869. The Labute approximate surface area is 135 Å².